The zero-order valence-electron chi connectivity index (χ0n) is 11.0. The second kappa shape index (κ2) is 6.31. The van der Waals surface area contributed by atoms with Crippen LogP contribution in [0.1, 0.15) is 6.42 Å². The Morgan fingerprint density at radius 2 is 2.11 bits per heavy atom. The van der Waals surface area contributed by atoms with Gasteiger partial charge in [0.05, 0.1) is 32.5 Å². The van der Waals surface area contributed by atoms with E-state index in [9.17, 15) is 9.59 Å². The molecule has 0 bridgehead atoms. The number of nitrogens with one attached hydrogen (secondary N) is 1. The molecule has 0 aromatic rings. The minimum absolute atomic E-state index is 0.00861. The lowest BCUT2D eigenvalue weighted by molar-refractivity contribution is -0.144. The molecule has 19 heavy (non-hydrogen) atoms. The molecule has 2 aliphatic rings. The monoisotopic (exact) mass is 272 g/mol. The highest BCUT2D eigenvalue weighted by atomic mass is 16.5. The molecule has 0 saturated carbocycles. The minimum atomic E-state index is -0.915. The van der Waals surface area contributed by atoms with E-state index in [0.717, 1.165) is 6.54 Å². The van der Waals surface area contributed by atoms with Crippen molar-refractivity contribution in [2.24, 2.45) is 5.92 Å². The Morgan fingerprint density at radius 1 is 1.32 bits per heavy atom. The standard InChI is InChI=1S/C12H20N2O5/c1-14(10-7-19-6-9(10)12(16)17)11(15)4-8-5-18-3-2-13-8/h8-10,13H,2-7H2,1H3,(H,16,17). The van der Waals surface area contributed by atoms with E-state index in [4.69, 9.17) is 14.6 Å². The Balaban J connectivity index is 1.88. The fraction of sp³-hybridized carbons (Fsp3) is 0.833. The Hall–Kier alpha value is -1.18. The van der Waals surface area contributed by atoms with Crippen molar-refractivity contribution >= 4 is 11.9 Å². The predicted octanol–water partition coefficient (Wildman–Crippen LogP) is -1.08. The fourth-order valence-corrected chi connectivity index (χ4v) is 2.45. The molecule has 1 amide bonds. The number of morpholine rings is 1. The molecule has 0 aromatic carbocycles. The number of hydrogen-bond donors (Lipinski definition) is 2. The minimum Gasteiger partial charge on any atom is -0.481 e. The number of rotatable bonds is 4. The van der Waals surface area contributed by atoms with E-state index >= 15 is 0 Å². The lowest BCUT2D eigenvalue weighted by Gasteiger charge is -2.29. The predicted molar refractivity (Wildman–Crippen MR) is 65.7 cm³/mol. The molecule has 7 heteroatoms. The summed E-state index contributed by atoms with van der Waals surface area (Å²) in [6.07, 6.45) is 0.319. The van der Waals surface area contributed by atoms with Gasteiger partial charge in [-0.05, 0) is 0 Å². The van der Waals surface area contributed by atoms with Crippen LogP contribution in [-0.4, -0.2) is 74.0 Å². The molecule has 108 valence electrons. The molecular weight excluding hydrogens is 252 g/mol. The van der Waals surface area contributed by atoms with Crippen molar-refractivity contribution in [3.8, 4) is 0 Å². The number of likely N-dealkylation sites (N-methyl/N-ethyl adjacent to an activating group) is 1. The van der Waals surface area contributed by atoms with E-state index in [0.29, 0.717) is 19.6 Å². The van der Waals surface area contributed by atoms with Gasteiger partial charge in [-0.2, -0.15) is 0 Å². The zero-order valence-corrected chi connectivity index (χ0v) is 11.0. The molecule has 0 aliphatic carbocycles. The summed E-state index contributed by atoms with van der Waals surface area (Å²) in [5.74, 6) is -1.63. The van der Waals surface area contributed by atoms with Crippen LogP contribution in [0.4, 0.5) is 0 Å². The SMILES string of the molecule is CN(C(=O)CC1COCCN1)C1COCC1C(=O)O. The zero-order chi connectivity index (χ0) is 13.8. The van der Waals surface area contributed by atoms with Crippen molar-refractivity contribution in [2.75, 3.05) is 40.0 Å². The molecule has 7 nitrogen and oxygen atoms in total. The molecule has 3 unspecified atom stereocenters. The second-order valence-corrected chi connectivity index (χ2v) is 4.98. The lowest BCUT2D eigenvalue weighted by atomic mass is 10.0. The quantitative estimate of drug-likeness (QED) is 0.677. The van der Waals surface area contributed by atoms with Crippen LogP contribution in [0.3, 0.4) is 0 Å². The lowest BCUT2D eigenvalue weighted by Crippen LogP contribution is -2.48. The van der Waals surface area contributed by atoms with Gasteiger partial charge in [0.15, 0.2) is 0 Å². The van der Waals surface area contributed by atoms with Crippen molar-refractivity contribution < 1.29 is 24.2 Å². The summed E-state index contributed by atoms with van der Waals surface area (Å²) >= 11 is 0. The van der Waals surface area contributed by atoms with Crippen molar-refractivity contribution in [1.29, 1.82) is 0 Å². The summed E-state index contributed by atoms with van der Waals surface area (Å²) < 4.78 is 10.5. The number of carboxylic acid groups (broad SMARTS) is 1. The van der Waals surface area contributed by atoms with Gasteiger partial charge in [-0.15, -0.1) is 0 Å². The third kappa shape index (κ3) is 3.43. The van der Waals surface area contributed by atoms with Gasteiger partial charge in [0, 0.05) is 26.1 Å². The first-order valence-electron chi connectivity index (χ1n) is 6.47. The van der Waals surface area contributed by atoms with Gasteiger partial charge in [0.2, 0.25) is 5.91 Å². The largest absolute Gasteiger partial charge is 0.481 e. The van der Waals surface area contributed by atoms with Gasteiger partial charge in [-0.25, -0.2) is 0 Å². The fourth-order valence-electron chi connectivity index (χ4n) is 2.45. The number of hydrogen-bond acceptors (Lipinski definition) is 5. The summed E-state index contributed by atoms with van der Waals surface area (Å²) in [6, 6.07) is -0.371. The van der Waals surface area contributed by atoms with Crippen LogP contribution in [0.25, 0.3) is 0 Å². The van der Waals surface area contributed by atoms with Gasteiger partial charge in [0.25, 0.3) is 0 Å². The molecule has 2 fully saturated rings. The number of carbonyl (C=O) groups excluding carboxylic acids is 1. The number of ether oxygens (including phenoxy) is 2. The van der Waals surface area contributed by atoms with Crippen molar-refractivity contribution in [3.63, 3.8) is 0 Å². The van der Waals surface area contributed by atoms with Gasteiger partial charge in [0.1, 0.15) is 5.92 Å². The number of amides is 1. The maximum Gasteiger partial charge on any atom is 0.311 e. The molecule has 2 aliphatic heterocycles. The molecule has 2 heterocycles. The maximum atomic E-state index is 12.1. The first kappa shape index (κ1) is 14.2. The van der Waals surface area contributed by atoms with E-state index < -0.39 is 11.9 Å². The summed E-state index contributed by atoms with van der Waals surface area (Å²) in [7, 11) is 1.64. The smallest absolute Gasteiger partial charge is 0.311 e. The average molecular weight is 272 g/mol. The number of carboxylic acids is 1. The Bertz CT molecular complexity index is 343. The van der Waals surface area contributed by atoms with Crippen molar-refractivity contribution in [2.45, 2.75) is 18.5 Å². The van der Waals surface area contributed by atoms with Crippen molar-refractivity contribution in [3.05, 3.63) is 0 Å². The van der Waals surface area contributed by atoms with E-state index in [1.54, 1.807) is 7.05 Å². The highest BCUT2D eigenvalue weighted by Gasteiger charge is 2.38. The van der Waals surface area contributed by atoms with Crippen LogP contribution in [0.2, 0.25) is 0 Å². The van der Waals surface area contributed by atoms with E-state index in [-0.39, 0.29) is 31.2 Å². The summed E-state index contributed by atoms with van der Waals surface area (Å²) in [4.78, 5) is 24.7. The molecular formula is C12H20N2O5. The molecule has 0 spiro atoms. The van der Waals surface area contributed by atoms with Crippen LogP contribution in [0.15, 0.2) is 0 Å². The van der Waals surface area contributed by atoms with Gasteiger partial charge in [-0.1, -0.05) is 0 Å². The topological polar surface area (TPSA) is 88.1 Å². The third-order valence-electron chi connectivity index (χ3n) is 3.68. The molecule has 2 saturated heterocycles. The van der Waals surface area contributed by atoms with Crippen LogP contribution < -0.4 is 5.32 Å². The number of aliphatic carboxylic acids is 1. The molecule has 0 aromatic heterocycles. The third-order valence-corrected chi connectivity index (χ3v) is 3.68. The second-order valence-electron chi connectivity index (χ2n) is 4.98. The van der Waals surface area contributed by atoms with E-state index in [1.807, 2.05) is 0 Å². The van der Waals surface area contributed by atoms with Crippen LogP contribution in [-0.2, 0) is 19.1 Å². The average Bonchev–Trinajstić information content (AvgIpc) is 2.88. The van der Waals surface area contributed by atoms with Crippen LogP contribution >= 0.6 is 0 Å². The molecule has 2 N–H and O–H groups in total. The normalized spacial score (nSPS) is 31.1. The van der Waals surface area contributed by atoms with Crippen LogP contribution in [0.5, 0.6) is 0 Å². The number of carbonyl (C=O) groups is 2. The van der Waals surface area contributed by atoms with E-state index in [1.165, 1.54) is 4.90 Å². The van der Waals surface area contributed by atoms with Crippen molar-refractivity contribution in [1.82, 2.24) is 10.2 Å². The Labute approximate surface area is 111 Å². The Kier molecular flexibility index (Phi) is 4.73. The Morgan fingerprint density at radius 3 is 2.74 bits per heavy atom. The molecule has 2 rings (SSSR count). The van der Waals surface area contributed by atoms with Gasteiger partial charge in [-0.3, -0.25) is 9.59 Å². The highest BCUT2D eigenvalue weighted by Crippen LogP contribution is 2.20. The summed E-state index contributed by atoms with van der Waals surface area (Å²) in [5, 5.41) is 12.3. The first-order chi connectivity index (χ1) is 9.09. The van der Waals surface area contributed by atoms with Gasteiger partial charge < -0.3 is 24.8 Å². The number of nitrogens with zero attached hydrogens (tertiary/aromatic N) is 1. The van der Waals surface area contributed by atoms with Crippen LogP contribution in [0, 0.1) is 5.92 Å². The summed E-state index contributed by atoms with van der Waals surface area (Å²) in [6.45, 7) is 2.38. The highest BCUT2D eigenvalue weighted by molar-refractivity contribution is 5.79. The van der Waals surface area contributed by atoms with E-state index in [2.05, 4.69) is 5.32 Å². The van der Waals surface area contributed by atoms with Gasteiger partial charge >= 0.3 is 5.97 Å². The molecule has 3 atom stereocenters. The summed E-state index contributed by atoms with van der Waals surface area (Å²) in [5.41, 5.74) is 0. The molecule has 0 radical (unpaired) electrons. The first-order valence-corrected chi connectivity index (χ1v) is 6.47. The maximum absolute atomic E-state index is 12.1.